The lowest BCUT2D eigenvalue weighted by Crippen LogP contribution is -2.60. The smallest absolute Gasteiger partial charge is 0.337 e. The molecule has 1 aliphatic carbocycles. The minimum atomic E-state index is -1.60. The van der Waals surface area contributed by atoms with Gasteiger partial charge in [0, 0.05) is 5.92 Å². The van der Waals surface area contributed by atoms with Gasteiger partial charge in [-0.2, -0.15) is 0 Å². The van der Waals surface area contributed by atoms with Crippen molar-refractivity contribution in [3.8, 4) is 0 Å². The van der Waals surface area contributed by atoms with Crippen molar-refractivity contribution in [1.82, 2.24) is 0 Å². The molecule has 0 bridgehead atoms. The largest absolute Gasteiger partial charge is 0.471 e. The summed E-state index contributed by atoms with van der Waals surface area (Å²) >= 11 is 0. The second-order valence-corrected chi connectivity index (χ2v) is 7.43. The lowest BCUT2D eigenvalue weighted by molar-refractivity contribution is -0.346. The average molecular weight is 390 g/mol. The number of rotatable bonds is 4. The van der Waals surface area contributed by atoms with E-state index in [4.69, 9.17) is 18.9 Å². The summed E-state index contributed by atoms with van der Waals surface area (Å²) in [4.78, 5) is 12.0. The standard InChI is InChI=1S/C17H26O10/c1-17(23)4-3-7-8(14(22)24-2)6-25-15(10(7)17)27-16-13(21)12(20)11(19)9(5-18)26-16/h6-7,9-13,15-16,18-21,23H,3-5H2,1-2H3/t7?,9?,10?,11?,12?,13?,15?,16?,17-/m0/s1. The summed E-state index contributed by atoms with van der Waals surface area (Å²) in [5.41, 5.74) is -0.925. The van der Waals surface area contributed by atoms with Gasteiger partial charge in [0.1, 0.15) is 24.4 Å². The number of methoxy groups -OCH3 is 1. The zero-order valence-corrected chi connectivity index (χ0v) is 15.1. The van der Waals surface area contributed by atoms with E-state index in [-0.39, 0.29) is 11.5 Å². The van der Waals surface area contributed by atoms with E-state index < -0.39 is 61.1 Å². The van der Waals surface area contributed by atoms with Crippen LogP contribution in [0, 0.1) is 11.8 Å². The van der Waals surface area contributed by atoms with Gasteiger partial charge >= 0.3 is 5.97 Å². The first-order valence-corrected chi connectivity index (χ1v) is 8.83. The Bertz CT molecular complexity index is 588. The predicted octanol–water partition coefficient (Wildman–Crippen LogP) is -2.01. The molecule has 10 nitrogen and oxygen atoms in total. The van der Waals surface area contributed by atoms with Gasteiger partial charge in [-0.1, -0.05) is 0 Å². The van der Waals surface area contributed by atoms with E-state index in [1.165, 1.54) is 13.4 Å². The lowest BCUT2D eigenvalue weighted by Gasteiger charge is -2.44. The molecule has 2 aliphatic heterocycles. The molecule has 0 aromatic carbocycles. The Morgan fingerprint density at radius 3 is 2.59 bits per heavy atom. The molecule has 3 aliphatic rings. The molecule has 0 aromatic rings. The highest BCUT2D eigenvalue weighted by atomic mass is 16.8. The van der Waals surface area contributed by atoms with Crippen LogP contribution in [0.5, 0.6) is 0 Å². The minimum absolute atomic E-state index is 0.286. The third kappa shape index (κ3) is 3.58. The minimum Gasteiger partial charge on any atom is -0.471 e. The molecule has 10 heteroatoms. The fraction of sp³-hybridized carbons (Fsp3) is 0.824. The molecule has 0 aromatic heterocycles. The zero-order chi connectivity index (χ0) is 19.9. The van der Waals surface area contributed by atoms with E-state index >= 15 is 0 Å². The molecule has 1 saturated heterocycles. The van der Waals surface area contributed by atoms with E-state index in [0.29, 0.717) is 12.8 Å². The second kappa shape index (κ2) is 7.63. The molecule has 3 rings (SSSR count). The molecule has 2 heterocycles. The fourth-order valence-corrected chi connectivity index (χ4v) is 4.12. The molecular formula is C17H26O10. The van der Waals surface area contributed by atoms with Crippen molar-refractivity contribution in [3.05, 3.63) is 11.8 Å². The molecule has 1 saturated carbocycles. The van der Waals surface area contributed by atoms with Gasteiger partial charge in [-0.15, -0.1) is 0 Å². The van der Waals surface area contributed by atoms with Crippen molar-refractivity contribution >= 4 is 5.97 Å². The topological polar surface area (TPSA) is 155 Å². The van der Waals surface area contributed by atoms with Crippen molar-refractivity contribution < 1.29 is 49.3 Å². The van der Waals surface area contributed by atoms with Crippen molar-refractivity contribution in [3.63, 3.8) is 0 Å². The summed E-state index contributed by atoms with van der Waals surface area (Å²) in [5, 5.41) is 49.9. The van der Waals surface area contributed by atoms with Crippen LogP contribution >= 0.6 is 0 Å². The summed E-state index contributed by atoms with van der Waals surface area (Å²) in [5.74, 6) is -1.59. The van der Waals surface area contributed by atoms with Crippen LogP contribution in [0.1, 0.15) is 19.8 Å². The van der Waals surface area contributed by atoms with Crippen molar-refractivity contribution in [2.24, 2.45) is 11.8 Å². The monoisotopic (exact) mass is 390 g/mol. The molecule has 9 atom stereocenters. The van der Waals surface area contributed by atoms with Crippen LogP contribution in [-0.2, 0) is 23.7 Å². The third-order valence-electron chi connectivity index (χ3n) is 5.67. The summed E-state index contributed by atoms with van der Waals surface area (Å²) in [6.07, 6.45) is -6.19. The van der Waals surface area contributed by atoms with E-state index in [1.807, 2.05) is 0 Å². The summed E-state index contributed by atoms with van der Waals surface area (Å²) in [7, 11) is 1.25. The second-order valence-electron chi connectivity index (χ2n) is 7.43. The molecule has 27 heavy (non-hydrogen) atoms. The van der Waals surface area contributed by atoms with Gasteiger partial charge in [-0.25, -0.2) is 4.79 Å². The zero-order valence-electron chi connectivity index (χ0n) is 15.1. The molecule has 0 spiro atoms. The molecular weight excluding hydrogens is 364 g/mol. The van der Waals surface area contributed by atoms with Crippen LogP contribution in [-0.4, -0.2) is 87.8 Å². The average Bonchev–Trinajstić information content (AvgIpc) is 2.97. The maximum absolute atomic E-state index is 12.0. The maximum atomic E-state index is 12.0. The fourth-order valence-electron chi connectivity index (χ4n) is 4.12. The van der Waals surface area contributed by atoms with Gasteiger partial charge in [0.15, 0.2) is 6.29 Å². The molecule has 154 valence electrons. The number of hydrogen-bond acceptors (Lipinski definition) is 10. The van der Waals surface area contributed by atoms with E-state index in [1.54, 1.807) is 6.92 Å². The summed E-state index contributed by atoms with van der Waals surface area (Å²) in [6.45, 7) is 1.01. The van der Waals surface area contributed by atoms with Crippen LogP contribution in [0.15, 0.2) is 11.8 Å². The Kier molecular flexibility index (Phi) is 5.78. The van der Waals surface area contributed by atoms with Crippen molar-refractivity contribution in [2.45, 2.75) is 62.4 Å². The number of fused-ring (bicyclic) bond motifs is 1. The Morgan fingerprint density at radius 1 is 1.26 bits per heavy atom. The van der Waals surface area contributed by atoms with Gasteiger partial charge in [-0.3, -0.25) is 0 Å². The van der Waals surface area contributed by atoms with Gasteiger partial charge in [0.25, 0.3) is 0 Å². The van der Waals surface area contributed by atoms with Crippen LogP contribution in [0.3, 0.4) is 0 Å². The molecule has 0 radical (unpaired) electrons. The first kappa shape index (κ1) is 20.5. The first-order valence-electron chi connectivity index (χ1n) is 8.83. The SMILES string of the molecule is COC(=O)C1=COC(OC2OC(CO)C(O)C(O)C2O)C2C1CC[C@]2(C)O. The van der Waals surface area contributed by atoms with Gasteiger partial charge in [-0.05, 0) is 19.8 Å². The number of carbonyl (C=O) groups is 1. The maximum Gasteiger partial charge on any atom is 0.337 e. The van der Waals surface area contributed by atoms with Crippen LogP contribution < -0.4 is 0 Å². The van der Waals surface area contributed by atoms with Gasteiger partial charge in [0.05, 0.1) is 37.1 Å². The van der Waals surface area contributed by atoms with Crippen molar-refractivity contribution in [2.75, 3.05) is 13.7 Å². The number of hydrogen-bond donors (Lipinski definition) is 5. The quantitative estimate of drug-likeness (QED) is 0.340. The Balaban J connectivity index is 1.82. The summed E-state index contributed by atoms with van der Waals surface area (Å²) < 4.78 is 21.3. The highest BCUT2D eigenvalue weighted by Crippen LogP contribution is 2.49. The van der Waals surface area contributed by atoms with Crippen LogP contribution in [0.25, 0.3) is 0 Å². The Morgan fingerprint density at radius 2 is 1.96 bits per heavy atom. The number of aliphatic hydroxyl groups is 5. The van der Waals surface area contributed by atoms with E-state index in [2.05, 4.69) is 0 Å². The van der Waals surface area contributed by atoms with Crippen molar-refractivity contribution in [1.29, 1.82) is 0 Å². The third-order valence-corrected chi connectivity index (χ3v) is 5.67. The summed E-state index contributed by atoms with van der Waals surface area (Å²) in [6, 6.07) is 0. The number of ether oxygens (including phenoxy) is 4. The van der Waals surface area contributed by atoms with Crippen LogP contribution in [0.4, 0.5) is 0 Å². The molecule has 0 amide bonds. The number of esters is 1. The van der Waals surface area contributed by atoms with Gasteiger partial charge in [0.2, 0.25) is 6.29 Å². The molecule has 2 fully saturated rings. The normalized spacial score (nSPS) is 47.0. The Labute approximate surface area is 155 Å². The highest BCUT2D eigenvalue weighted by Gasteiger charge is 2.56. The van der Waals surface area contributed by atoms with Crippen LogP contribution in [0.2, 0.25) is 0 Å². The van der Waals surface area contributed by atoms with E-state index in [9.17, 15) is 30.3 Å². The first-order chi connectivity index (χ1) is 12.7. The number of carbonyl (C=O) groups excluding carboxylic acids is 1. The predicted molar refractivity (Wildman–Crippen MR) is 86.7 cm³/mol. The number of aliphatic hydroxyl groups excluding tert-OH is 4. The highest BCUT2D eigenvalue weighted by molar-refractivity contribution is 5.89. The lowest BCUT2D eigenvalue weighted by atomic mass is 9.81. The Hall–Kier alpha value is -1.27. The van der Waals surface area contributed by atoms with E-state index in [0.717, 1.165) is 0 Å². The molecule has 8 unspecified atom stereocenters. The molecule has 5 N–H and O–H groups in total. The van der Waals surface area contributed by atoms with Gasteiger partial charge < -0.3 is 44.5 Å².